The Kier molecular flexibility index (Phi) is 7.08. The summed E-state index contributed by atoms with van der Waals surface area (Å²) in [6.07, 6.45) is 4.25. The van der Waals surface area contributed by atoms with Crippen molar-refractivity contribution in [2.75, 3.05) is 57.2 Å². The fourth-order valence-corrected chi connectivity index (χ4v) is 7.12. The maximum absolute atomic E-state index is 13.4. The molecule has 1 atom stereocenters. The maximum Gasteiger partial charge on any atom is 0.320 e. The highest BCUT2D eigenvalue weighted by Crippen LogP contribution is 2.57. The third kappa shape index (κ3) is 5.41. The van der Waals surface area contributed by atoms with Gasteiger partial charge in [0.05, 0.1) is 30.2 Å². The van der Waals surface area contributed by atoms with Gasteiger partial charge in [0.2, 0.25) is 0 Å². The van der Waals surface area contributed by atoms with E-state index in [0.717, 1.165) is 19.4 Å². The van der Waals surface area contributed by atoms with Gasteiger partial charge >= 0.3 is 6.03 Å². The minimum Gasteiger partial charge on any atom is -0.377 e. The fourth-order valence-electron chi connectivity index (χ4n) is 4.66. The third-order valence-corrected chi connectivity index (χ3v) is 10.2. The quantitative estimate of drug-likeness (QED) is 0.501. The number of anilines is 2. The Balaban J connectivity index is 1.43. The fraction of sp³-hybridized carbons (Fsp3) is 0.600. The highest BCUT2D eigenvalue weighted by molar-refractivity contribution is 7.93. The third-order valence-electron chi connectivity index (χ3n) is 7.16. The second-order valence-corrected chi connectivity index (χ2v) is 12.9. The van der Waals surface area contributed by atoms with E-state index in [0.29, 0.717) is 67.9 Å². The SMILES string of the molecule is C[C@H]1COCCN1c1cc(C2(S(=O)(=O)C3CC3)CC2)nc(-c2ccc(NC(=O)NCCN(C)C)nc2)n1. The Morgan fingerprint density at radius 1 is 1.24 bits per heavy atom. The van der Waals surface area contributed by atoms with Crippen LogP contribution in [0.15, 0.2) is 24.4 Å². The van der Waals surface area contributed by atoms with Crippen LogP contribution in [0, 0.1) is 0 Å². The summed E-state index contributed by atoms with van der Waals surface area (Å²) in [5.74, 6) is 1.53. The molecular weight excluding hydrogens is 494 g/mol. The summed E-state index contributed by atoms with van der Waals surface area (Å²) in [5.41, 5.74) is 1.22. The van der Waals surface area contributed by atoms with Gasteiger partial charge in [0.25, 0.3) is 0 Å². The molecule has 0 bridgehead atoms. The number of carbonyl (C=O) groups is 1. The molecule has 5 rings (SSSR count). The summed E-state index contributed by atoms with van der Waals surface area (Å²) >= 11 is 0. The summed E-state index contributed by atoms with van der Waals surface area (Å²) in [4.78, 5) is 30.3. The summed E-state index contributed by atoms with van der Waals surface area (Å²) in [6, 6.07) is 5.13. The molecule has 0 unspecified atom stereocenters. The van der Waals surface area contributed by atoms with E-state index in [2.05, 4.69) is 27.4 Å². The van der Waals surface area contributed by atoms with Gasteiger partial charge in [-0.05, 0) is 58.8 Å². The number of sulfone groups is 1. The molecule has 3 aliphatic rings. The van der Waals surface area contributed by atoms with Gasteiger partial charge in [0.15, 0.2) is 15.7 Å². The molecular formula is C25H35N7O4S. The van der Waals surface area contributed by atoms with E-state index >= 15 is 0 Å². The Labute approximate surface area is 217 Å². The summed E-state index contributed by atoms with van der Waals surface area (Å²) in [6.45, 7) is 5.16. The number of aromatic nitrogens is 3. The van der Waals surface area contributed by atoms with Crippen LogP contribution in [0.5, 0.6) is 0 Å². The lowest BCUT2D eigenvalue weighted by atomic mass is 10.2. The van der Waals surface area contributed by atoms with E-state index in [1.165, 1.54) is 0 Å². The first kappa shape index (κ1) is 25.8. The van der Waals surface area contributed by atoms with Gasteiger partial charge in [-0.25, -0.2) is 28.2 Å². The normalized spacial score (nSPS) is 21.1. The van der Waals surface area contributed by atoms with Gasteiger partial charge in [-0.2, -0.15) is 0 Å². The minimum absolute atomic E-state index is 0.107. The second kappa shape index (κ2) is 10.1. The Morgan fingerprint density at radius 2 is 2.03 bits per heavy atom. The average Bonchev–Trinajstić information content (AvgIpc) is 3.77. The van der Waals surface area contributed by atoms with Crippen molar-refractivity contribution in [1.82, 2.24) is 25.2 Å². The number of hydrogen-bond acceptors (Lipinski definition) is 9. The largest absolute Gasteiger partial charge is 0.377 e. The lowest BCUT2D eigenvalue weighted by Gasteiger charge is -2.34. The minimum atomic E-state index is -3.31. The zero-order valence-corrected chi connectivity index (χ0v) is 22.4. The number of likely N-dealkylation sites (N-methyl/N-ethyl adjacent to an activating group) is 1. The Bertz CT molecular complexity index is 1240. The molecule has 1 saturated heterocycles. The molecule has 2 saturated carbocycles. The lowest BCUT2D eigenvalue weighted by molar-refractivity contribution is 0.0985. The van der Waals surface area contributed by atoms with Gasteiger partial charge in [0, 0.05) is 37.5 Å². The number of morpholine rings is 1. The molecule has 11 nitrogen and oxygen atoms in total. The van der Waals surface area contributed by atoms with Gasteiger partial charge in [-0.15, -0.1) is 0 Å². The Hall–Kier alpha value is -2.83. The van der Waals surface area contributed by atoms with Gasteiger partial charge in [-0.1, -0.05) is 0 Å². The highest BCUT2D eigenvalue weighted by Gasteiger charge is 2.61. The second-order valence-electron chi connectivity index (χ2n) is 10.4. The zero-order valence-electron chi connectivity index (χ0n) is 21.6. The molecule has 200 valence electrons. The van der Waals surface area contributed by atoms with Gasteiger partial charge in [-0.3, -0.25) is 5.32 Å². The number of rotatable bonds is 9. The van der Waals surface area contributed by atoms with Crippen LogP contribution in [-0.2, 0) is 19.3 Å². The molecule has 2 aromatic heterocycles. The molecule has 37 heavy (non-hydrogen) atoms. The van der Waals surface area contributed by atoms with Crippen molar-refractivity contribution in [2.45, 2.75) is 48.6 Å². The molecule has 2 aromatic rings. The van der Waals surface area contributed by atoms with Crippen molar-refractivity contribution in [3.05, 3.63) is 30.1 Å². The first-order chi connectivity index (χ1) is 17.7. The van der Waals surface area contributed by atoms with Gasteiger partial charge in [0.1, 0.15) is 16.4 Å². The first-order valence-electron chi connectivity index (χ1n) is 12.8. The number of nitrogens with zero attached hydrogens (tertiary/aromatic N) is 5. The monoisotopic (exact) mass is 529 g/mol. The summed E-state index contributed by atoms with van der Waals surface area (Å²) in [5, 5.41) is 5.26. The van der Waals surface area contributed by atoms with Crippen molar-refractivity contribution < 1.29 is 17.9 Å². The predicted molar refractivity (Wildman–Crippen MR) is 141 cm³/mol. The molecule has 3 heterocycles. The van der Waals surface area contributed by atoms with Crippen LogP contribution < -0.4 is 15.5 Å². The van der Waals surface area contributed by atoms with Crippen molar-refractivity contribution in [3.63, 3.8) is 0 Å². The van der Waals surface area contributed by atoms with Crippen molar-refractivity contribution in [1.29, 1.82) is 0 Å². The van der Waals surface area contributed by atoms with Crippen LogP contribution in [0.25, 0.3) is 11.4 Å². The van der Waals surface area contributed by atoms with Crippen molar-refractivity contribution >= 4 is 27.5 Å². The Morgan fingerprint density at radius 3 is 2.65 bits per heavy atom. The average molecular weight is 530 g/mol. The summed E-state index contributed by atoms with van der Waals surface area (Å²) < 4.78 is 31.4. The molecule has 0 radical (unpaired) electrons. The number of ether oxygens (including phenoxy) is 1. The van der Waals surface area contributed by atoms with Crippen LogP contribution in [0.3, 0.4) is 0 Å². The highest BCUT2D eigenvalue weighted by atomic mass is 32.2. The predicted octanol–water partition coefficient (Wildman–Crippen LogP) is 2.01. The number of nitrogens with one attached hydrogen (secondary N) is 2. The van der Waals surface area contributed by atoms with E-state index in [4.69, 9.17) is 14.7 Å². The standard InChI is InChI=1S/C25H35N7O4S/c1-17-16-36-13-12-32(17)22-14-20(25(8-9-25)37(34,35)19-5-6-19)28-23(30-22)18-4-7-21(27-15-18)29-24(33)26-10-11-31(2)3/h4,7,14-15,17,19H,5-6,8-13,16H2,1-3H3,(H2,26,27,29,33)/t17-/m0/s1. The number of carbonyl (C=O) groups excluding carboxylic acids is 1. The lowest BCUT2D eigenvalue weighted by Crippen LogP contribution is -2.44. The van der Waals surface area contributed by atoms with Crippen LogP contribution in [-0.4, -0.2) is 92.5 Å². The molecule has 0 spiro atoms. The van der Waals surface area contributed by atoms with E-state index in [-0.39, 0.29) is 17.3 Å². The van der Waals surface area contributed by atoms with Crippen LogP contribution >= 0.6 is 0 Å². The topological polar surface area (TPSA) is 130 Å². The molecule has 2 N–H and O–H groups in total. The van der Waals surface area contributed by atoms with E-state index in [9.17, 15) is 13.2 Å². The smallest absolute Gasteiger partial charge is 0.320 e. The summed E-state index contributed by atoms with van der Waals surface area (Å²) in [7, 11) is 0.571. The number of hydrogen-bond donors (Lipinski definition) is 2. The van der Waals surface area contributed by atoms with Crippen LogP contribution in [0.1, 0.15) is 38.3 Å². The molecule has 0 aromatic carbocycles. The van der Waals surface area contributed by atoms with Crippen LogP contribution in [0.4, 0.5) is 16.4 Å². The molecule has 2 aliphatic carbocycles. The number of pyridine rings is 1. The zero-order chi connectivity index (χ0) is 26.2. The van der Waals surface area contributed by atoms with Crippen LogP contribution in [0.2, 0.25) is 0 Å². The van der Waals surface area contributed by atoms with Gasteiger partial charge < -0.3 is 19.9 Å². The molecule has 2 amide bonds. The molecule has 3 fully saturated rings. The molecule has 12 heteroatoms. The van der Waals surface area contributed by atoms with E-state index in [1.807, 2.05) is 25.1 Å². The first-order valence-corrected chi connectivity index (χ1v) is 14.4. The van der Waals surface area contributed by atoms with E-state index < -0.39 is 14.6 Å². The molecule has 1 aliphatic heterocycles. The number of urea groups is 1. The van der Waals surface area contributed by atoms with Crippen molar-refractivity contribution in [3.8, 4) is 11.4 Å². The number of amides is 2. The maximum atomic E-state index is 13.4. The van der Waals surface area contributed by atoms with E-state index in [1.54, 1.807) is 18.3 Å². The van der Waals surface area contributed by atoms with Crippen molar-refractivity contribution in [2.24, 2.45) is 0 Å².